The van der Waals surface area contributed by atoms with E-state index in [0.29, 0.717) is 46.5 Å². The molecule has 1 aliphatic heterocycles. The third-order valence-electron chi connectivity index (χ3n) is 6.51. The first kappa shape index (κ1) is 24.1. The van der Waals surface area contributed by atoms with E-state index in [1.165, 1.54) is 22.5 Å². The van der Waals surface area contributed by atoms with Gasteiger partial charge in [-0.15, -0.1) is 0 Å². The fraction of sp³-hybridized carbons (Fsp3) is 0.214. The Morgan fingerprint density at radius 3 is 2.42 bits per heavy atom. The summed E-state index contributed by atoms with van der Waals surface area (Å²) in [7, 11) is -3.64. The number of halogens is 1. The minimum Gasteiger partial charge on any atom is -0.322 e. The first-order chi connectivity index (χ1) is 17.3. The molecule has 1 aromatic heterocycles. The number of hydrogen-bond donors (Lipinski definition) is 1. The zero-order valence-corrected chi connectivity index (χ0v) is 20.7. The summed E-state index contributed by atoms with van der Waals surface area (Å²) in [5.41, 5.74) is 3.42. The van der Waals surface area contributed by atoms with E-state index in [4.69, 9.17) is 0 Å². The highest BCUT2D eigenvalue weighted by Crippen LogP contribution is 2.28. The molecule has 0 bridgehead atoms. The van der Waals surface area contributed by atoms with Crippen LogP contribution in [0, 0.1) is 12.7 Å². The van der Waals surface area contributed by atoms with Gasteiger partial charge in [-0.2, -0.15) is 4.31 Å². The minimum atomic E-state index is -3.64. The summed E-state index contributed by atoms with van der Waals surface area (Å²) in [5, 5.41) is 3.57. The van der Waals surface area contributed by atoms with Gasteiger partial charge in [-0.05, 0) is 73.9 Å². The summed E-state index contributed by atoms with van der Waals surface area (Å²) in [6.45, 7) is 2.83. The van der Waals surface area contributed by atoms with Crippen molar-refractivity contribution in [2.45, 2.75) is 31.1 Å². The predicted octanol–water partition coefficient (Wildman–Crippen LogP) is 5.78. The number of para-hydroxylation sites is 1. The van der Waals surface area contributed by atoms with E-state index >= 15 is 0 Å². The van der Waals surface area contributed by atoms with Crippen LogP contribution in [0.4, 0.5) is 10.1 Å². The van der Waals surface area contributed by atoms with Crippen LogP contribution in [0.15, 0.2) is 77.7 Å². The van der Waals surface area contributed by atoms with Gasteiger partial charge in [0.15, 0.2) is 0 Å². The second kappa shape index (κ2) is 9.79. The molecule has 1 fully saturated rings. The Balaban J connectivity index is 1.51. The molecule has 0 unspecified atom stereocenters. The number of anilines is 1. The number of amides is 1. The summed E-state index contributed by atoms with van der Waals surface area (Å²) in [5.74, 6) is -0.736. The first-order valence-corrected chi connectivity index (χ1v) is 13.3. The molecule has 1 saturated heterocycles. The van der Waals surface area contributed by atoms with Gasteiger partial charge in [-0.3, -0.25) is 4.79 Å². The fourth-order valence-corrected chi connectivity index (χ4v) is 6.02. The number of nitrogens with one attached hydrogen (secondary N) is 1. The summed E-state index contributed by atoms with van der Waals surface area (Å²) < 4.78 is 41.3. The van der Waals surface area contributed by atoms with Gasteiger partial charge in [-0.1, -0.05) is 30.7 Å². The Hall–Kier alpha value is -3.62. The van der Waals surface area contributed by atoms with Gasteiger partial charge in [0.1, 0.15) is 5.82 Å². The van der Waals surface area contributed by atoms with E-state index < -0.39 is 10.0 Å². The molecule has 2 heterocycles. The number of benzene rings is 3. The number of nitrogens with zero attached hydrogens (tertiary/aromatic N) is 2. The van der Waals surface area contributed by atoms with Crippen molar-refractivity contribution >= 4 is 32.5 Å². The van der Waals surface area contributed by atoms with E-state index in [9.17, 15) is 17.6 Å². The van der Waals surface area contributed by atoms with Crippen LogP contribution >= 0.6 is 0 Å². The summed E-state index contributed by atoms with van der Waals surface area (Å²) in [6.07, 6.45) is 2.72. The van der Waals surface area contributed by atoms with Gasteiger partial charge in [0.25, 0.3) is 5.91 Å². The maximum atomic E-state index is 13.5. The van der Waals surface area contributed by atoms with Gasteiger partial charge >= 0.3 is 0 Å². The molecular formula is C28H26FN3O3S. The molecule has 0 spiro atoms. The van der Waals surface area contributed by atoms with Gasteiger partial charge in [0.05, 0.1) is 21.7 Å². The van der Waals surface area contributed by atoms with Crippen LogP contribution in [-0.2, 0) is 10.0 Å². The van der Waals surface area contributed by atoms with Crippen LogP contribution in [0.2, 0.25) is 0 Å². The lowest BCUT2D eigenvalue weighted by atomic mass is 10.0. The molecule has 3 aromatic carbocycles. The van der Waals surface area contributed by atoms with E-state index in [1.807, 2.05) is 31.2 Å². The smallest absolute Gasteiger partial charge is 0.256 e. The van der Waals surface area contributed by atoms with Crippen molar-refractivity contribution in [3.8, 4) is 11.3 Å². The van der Waals surface area contributed by atoms with E-state index in [1.54, 1.807) is 30.3 Å². The Morgan fingerprint density at radius 2 is 1.67 bits per heavy atom. The van der Waals surface area contributed by atoms with Gasteiger partial charge in [0, 0.05) is 29.7 Å². The molecule has 6 nitrogen and oxygen atoms in total. The van der Waals surface area contributed by atoms with E-state index in [-0.39, 0.29) is 16.6 Å². The standard InChI is InChI=1S/C28H26FN3O3S/c1-19-9-14-22(36(34,35)32-15-5-2-6-16-32)17-26(19)31-28(33)24-18-27(20-10-12-21(29)13-11-20)30-25-8-4-3-7-23(24)25/h3-4,7-14,17-18H,2,5-6,15-16H2,1H3,(H,31,33). The van der Waals surface area contributed by atoms with Crippen molar-refractivity contribution in [2.24, 2.45) is 0 Å². The predicted molar refractivity (Wildman–Crippen MR) is 139 cm³/mol. The number of piperidine rings is 1. The van der Waals surface area contributed by atoms with Crippen molar-refractivity contribution < 1.29 is 17.6 Å². The Bertz CT molecular complexity index is 1550. The molecule has 8 heteroatoms. The maximum absolute atomic E-state index is 13.5. The van der Waals surface area contributed by atoms with Gasteiger partial charge in [-0.25, -0.2) is 17.8 Å². The summed E-state index contributed by atoms with van der Waals surface area (Å²) in [4.78, 5) is 18.3. The molecule has 0 aliphatic carbocycles. The molecule has 1 aliphatic rings. The molecule has 0 saturated carbocycles. The Labute approximate surface area is 209 Å². The number of aryl methyl sites for hydroxylation is 1. The van der Waals surface area contributed by atoms with Crippen molar-refractivity contribution in [1.82, 2.24) is 9.29 Å². The highest BCUT2D eigenvalue weighted by atomic mass is 32.2. The number of carbonyl (C=O) groups is 1. The maximum Gasteiger partial charge on any atom is 0.256 e. The number of pyridine rings is 1. The molecule has 0 atom stereocenters. The van der Waals surface area contributed by atoms with Crippen LogP contribution < -0.4 is 5.32 Å². The van der Waals surface area contributed by atoms with Gasteiger partial charge in [0.2, 0.25) is 10.0 Å². The average Bonchev–Trinajstić information content (AvgIpc) is 2.90. The van der Waals surface area contributed by atoms with E-state index in [2.05, 4.69) is 10.3 Å². The molecule has 1 amide bonds. The van der Waals surface area contributed by atoms with Crippen molar-refractivity contribution in [3.05, 3.63) is 89.7 Å². The monoisotopic (exact) mass is 503 g/mol. The SMILES string of the molecule is Cc1ccc(S(=O)(=O)N2CCCCC2)cc1NC(=O)c1cc(-c2ccc(F)cc2)nc2ccccc12. The van der Waals surface area contributed by atoms with Crippen molar-refractivity contribution in [1.29, 1.82) is 0 Å². The van der Waals surface area contributed by atoms with Crippen molar-refractivity contribution in [3.63, 3.8) is 0 Å². The third-order valence-corrected chi connectivity index (χ3v) is 8.41. The molecule has 184 valence electrons. The Morgan fingerprint density at radius 1 is 0.944 bits per heavy atom. The molecule has 0 radical (unpaired) electrons. The second-order valence-corrected chi connectivity index (χ2v) is 10.9. The number of sulfonamides is 1. The van der Waals surface area contributed by atoms with Crippen LogP contribution in [0.1, 0.15) is 35.2 Å². The third kappa shape index (κ3) is 4.74. The lowest BCUT2D eigenvalue weighted by Gasteiger charge is -2.26. The summed E-state index contributed by atoms with van der Waals surface area (Å²) in [6, 6.07) is 19.7. The lowest BCUT2D eigenvalue weighted by Crippen LogP contribution is -2.35. The number of carbonyl (C=O) groups excluding carboxylic acids is 1. The largest absolute Gasteiger partial charge is 0.322 e. The number of rotatable bonds is 5. The van der Waals surface area contributed by atoms with Crippen molar-refractivity contribution in [2.75, 3.05) is 18.4 Å². The van der Waals surface area contributed by atoms with Crippen LogP contribution in [-0.4, -0.2) is 36.7 Å². The second-order valence-electron chi connectivity index (χ2n) is 8.97. The number of aromatic nitrogens is 1. The van der Waals surface area contributed by atoms with Gasteiger partial charge < -0.3 is 5.32 Å². The first-order valence-electron chi connectivity index (χ1n) is 11.9. The molecule has 36 heavy (non-hydrogen) atoms. The fourth-order valence-electron chi connectivity index (χ4n) is 4.47. The van der Waals surface area contributed by atoms with Crippen LogP contribution in [0.25, 0.3) is 22.2 Å². The normalized spacial score (nSPS) is 14.6. The highest BCUT2D eigenvalue weighted by Gasteiger charge is 2.26. The molecule has 5 rings (SSSR count). The quantitative estimate of drug-likeness (QED) is 0.375. The van der Waals surface area contributed by atoms with Crippen LogP contribution in [0.5, 0.6) is 0 Å². The molecular weight excluding hydrogens is 477 g/mol. The van der Waals surface area contributed by atoms with Crippen LogP contribution in [0.3, 0.4) is 0 Å². The Kier molecular flexibility index (Phi) is 6.55. The zero-order valence-electron chi connectivity index (χ0n) is 19.9. The molecule has 4 aromatic rings. The highest BCUT2D eigenvalue weighted by molar-refractivity contribution is 7.89. The number of hydrogen-bond acceptors (Lipinski definition) is 4. The molecule has 1 N–H and O–H groups in total. The van der Waals surface area contributed by atoms with E-state index in [0.717, 1.165) is 24.8 Å². The lowest BCUT2D eigenvalue weighted by molar-refractivity contribution is 0.102. The topological polar surface area (TPSA) is 79.4 Å². The zero-order chi connectivity index (χ0) is 25.3. The summed E-state index contributed by atoms with van der Waals surface area (Å²) >= 11 is 0. The number of fused-ring (bicyclic) bond motifs is 1. The minimum absolute atomic E-state index is 0.164. The average molecular weight is 504 g/mol.